The Bertz CT molecular complexity index is 3660. The van der Waals surface area contributed by atoms with Crippen LogP contribution in [0.5, 0.6) is 0 Å². The zero-order valence-corrected chi connectivity index (χ0v) is 32.9. The van der Waals surface area contributed by atoms with Gasteiger partial charge in [-0.15, -0.1) is 0 Å². The zero-order valence-electron chi connectivity index (χ0n) is 32.9. The van der Waals surface area contributed by atoms with Crippen LogP contribution in [0.4, 0.5) is 0 Å². The fourth-order valence-corrected chi connectivity index (χ4v) is 9.76. The summed E-state index contributed by atoms with van der Waals surface area (Å²) in [5.74, 6) is 0. The van der Waals surface area contributed by atoms with Gasteiger partial charge in [0.2, 0.25) is 0 Å². The molecule has 5 nitrogen and oxygen atoms in total. The summed E-state index contributed by atoms with van der Waals surface area (Å²) in [4.78, 5) is 9.24. The van der Waals surface area contributed by atoms with Gasteiger partial charge in [-0.3, -0.25) is 9.97 Å². The molecule has 0 aliphatic rings. The van der Waals surface area contributed by atoms with Crippen molar-refractivity contribution in [2.45, 2.75) is 0 Å². The molecular formula is C56H35N5. The van der Waals surface area contributed by atoms with Gasteiger partial charge in [-0.1, -0.05) is 109 Å². The van der Waals surface area contributed by atoms with Crippen LogP contribution < -0.4 is 0 Å². The Balaban J connectivity index is 1.04. The lowest BCUT2D eigenvalue weighted by Crippen LogP contribution is -1.95. The van der Waals surface area contributed by atoms with E-state index in [0.717, 1.165) is 39.1 Å². The lowest BCUT2D eigenvalue weighted by molar-refractivity contribution is 1.18. The van der Waals surface area contributed by atoms with Gasteiger partial charge in [0.1, 0.15) is 0 Å². The molecule has 4 heterocycles. The van der Waals surface area contributed by atoms with Crippen molar-refractivity contribution in [2.24, 2.45) is 0 Å². The first-order valence-electron chi connectivity index (χ1n) is 20.7. The molecule has 0 atom stereocenters. The van der Waals surface area contributed by atoms with E-state index in [0.29, 0.717) is 0 Å². The predicted molar refractivity (Wildman–Crippen MR) is 253 cm³/mol. The third kappa shape index (κ3) is 5.14. The van der Waals surface area contributed by atoms with Crippen molar-refractivity contribution in [3.8, 4) is 39.3 Å². The molecular weight excluding hydrogens is 743 g/mol. The highest BCUT2D eigenvalue weighted by molar-refractivity contribution is 6.14. The van der Waals surface area contributed by atoms with E-state index in [9.17, 15) is 0 Å². The molecule has 5 heteroatoms. The summed E-state index contributed by atoms with van der Waals surface area (Å²) in [6.45, 7) is 0. The molecule has 0 fully saturated rings. The summed E-state index contributed by atoms with van der Waals surface area (Å²) in [6, 6.07) is 72.9. The maximum atomic E-state index is 4.68. The van der Waals surface area contributed by atoms with Crippen molar-refractivity contribution in [2.75, 3.05) is 0 Å². The lowest BCUT2D eigenvalue weighted by atomic mass is 9.99. The Morgan fingerprint density at radius 1 is 0.246 bits per heavy atom. The number of rotatable bonds is 5. The van der Waals surface area contributed by atoms with Crippen LogP contribution in [-0.4, -0.2) is 23.7 Å². The van der Waals surface area contributed by atoms with Crippen LogP contribution in [0, 0.1) is 0 Å². The van der Waals surface area contributed by atoms with Gasteiger partial charge in [0, 0.05) is 61.8 Å². The molecule has 4 aromatic heterocycles. The number of hydrogen-bond donors (Lipinski definition) is 0. The number of hydrogen-bond acceptors (Lipinski definition) is 2. The number of para-hydroxylation sites is 4. The smallest absolute Gasteiger partial charge is 0.0907 e. The van der Waals surface area contributed by atoms with E-state index in [4.69, 9.17) is 0 Å². The van der Waals surface area contributed by atoms with Crippen LogP contribution >= 0.6 is 0 Å². The van der Waals surface area contributed by atoms with Crippen molar-refractivity contribution in [3.05, 3.63) is 213 Å². The Morgan fingerprint density at radius 2 is 0.656 bits per heavy atom. The van der Waals surface area contributed by atoms with Crippen LogP contribution in [0.2, 0.25) is 0 Å². The Morgan fingerprint density at radius 3 is 1.20 bits per heavy atom. The monoisotopic (exact) mass is 777 g/mol. The van der Waals surface area contributed by atoms with Crippen molar-refractivity contribution >= 4 is 76.5 Å². The summed E-state index contributed by atoms with van der Waals surface area (Å²) in [5.41, 5.74) is 16.8. The third-order valence-corrected chi connectivity index (χ3v) is 12.5. The van der Waals surface area contributed by atoms with Crippen LogP contribution in [0.1, 0.15) is 0 Å². The van der Waals surface area contributed by atoms with Gasteiger partial charge in [-0.2, -0.15) is 0 Å². The van der Waals surface area contributed by atoms with Crippen molar-refractivity contribution in [1.29, 1.82) is 0 Å². The number of aromatic nitrogens is 5. The molecule has 61 heavy (non-hydrogen) atoms. The summed E-state index contributed by atoms with van der Waals surface area (Å²) in [5, 5.41) is 7.37. The molecule has 0 aliphatic carbocycles. The van der Waals surface area contributed by atoms with Gasteiger partial charge >= 0.3 is 0 Å². The molecule has 0 amide bonds. The molecule has 13 aromatic rings. The normalized spacial score (nSPS) is 11.9. The van der Waals surface area contributed by atoms with Gasteiger partial charge in [0.25, 0.3) is 0 Å². The molecule has 0 saturated carbocycles. The van der Waals surface area contributed by atoms with E-state index < -0.39 is 0 Å². The first-order chi connectivity index (χ1) is 30.2. The van der Waals surface area contributed by atoms with Crippen molar-refractivity contribution < 1.29 is 0 Å². The van der Waals surface area contributed by atoms with Gasteiger partial charge < -0.3 is 13.7 Å². The maximum absolute atomic E-state index is 4.68. The molecule has 13 rings (SSSR count). The van der Waals surface area contributed by atoms with Crippen LogP contribution in [0.25, 0.3) is 116 Å². The van der Waals surface area contributed by atoms with E-state index in [1.165, 1.54) is 76.6 Å². The van der Waals surface area contributed by atoms with Gasteiger partial charge in [0.15, 0.2) is 0 Å². The van der Waals surface area contributed by atoms with Crippen LogP contribution in [0.15, 0.2) is 213 Å². The molecule has 0 bridgehead atoms. The molecule has 0 saturated heterocycles. The van der Waals surface area contributed by atoms with E-state index in [1.54, 1.807) is 12.4 Å². The Labute approximate surface area is 350 Å². The fourth-order valence-electron chi connectivity index (χ4n) is 9.76. The van der Waals surface area contributed by atoms with Gasteiger partial charge in [-0.25, -0.2) is 0 Å². The van der Waals surface area contributed by atoms with Crippen molar-refractivity contribution in [1.82, 2.24) is 23.7 Å². The summed E-state index contributed by atoms with van der Waals surface area (Å²) < 4.78 is 7.16. The van der Waals surface area contributed by atoms with E-state index in [2.05, 4.69) is 224 Å². The first kappa shape index (κ1) is 33.7. The second-order valence-electron chi connectivity index (χ2n) is 15.9. The third-order valence-electron chi connectivity index (χ3n) is 12.5. The van der Waals surface area contributed by atoms with Gasteiger partial charge in [0.05, 0.1) is 44.1 Å². The second kappa shape index (κ2) is 13.1. The minimum absolute atomic E-state index is 0.868. The SMILES string of the molecule is c1ccc(-n2c3ccccc3c3ccc(-c4ccc5c(c4)c4cc(-c6ccc7c8ccccc8n(-c8ccccc8)c7c6)ccc4n5-c4ccc5nccnc5c4)cc32)cc1. The number of nitrogens with zero attached hydrogens (tertiary/aromatic N) is 5. The van der Waals surface area contributed by atoms with Crippen LogP contribution in [0.3, 0.4) is 0 Å². The first-order valence-corrected chi connectivity index (χ1v) is 20.7. The second-order valence-corrected chi connectivity index (χ2v) is 15.9. The quantitative estimate of drug-likeness (QED) is 0.175. The molecule has 0 unspecified atom stereocenters. The number of fused-ring (bicyclic) bond motifs is 10. The van der Waals surface area contributed by atoms with E-state index >= 15 is 0 Å². The summed E-state index contributed by atoms with van der Waals surface area (Å²) in [6.07, 6.45) is 3.51. The largest absolute Gasteiger partial charge is 0.309 e. The molecule has 0 spiro atoms. The standard InChI is InChI=1S/C56H35N5/c1-3-11-40(12-4-1)59-51-17-9-7-15-43(51)45-24-19-38(33-55(45)59)36-21-27-53-47(31-36)48-32-37(22-28-54(48)61(53)42-23-26-49-50(35-42)58-30-29-57-49)39-20-25-46-44-16-8-10-18-52(44)60(56(46)34-39)41-13-5-2-6-14-41/h1-35H. The zero-order chi connectivity index (χ0) is 40.0. The lowest BCUT2D eigenvalue weighted by Gasteiger charge is -2.10. The molecule has 284 valence electrons. The Kier molecular flexibility index (Phi) is 7.24. The minimum Gasteiger partial charge on any atom is -0.309 e. The van der Waals surface area contributed by atoms with Crippen LogP contribution in [-0.2, 0) is 0 Å². The Hall–Kier alpha value is -8.28. The highest BCUT2D eigenvalue weighted by Crippen LogP contribution is 2.41. The molecule has 9 aromatic carbocycles. The highest BCUT2D eigenvalue weighted by Gasteiger charge is 2.19. The van der Waals surface area contributed by atoms with E-state index in [1.807, 2.05) is 0 Å². The summed E-state index contributed by atoms with van der Waals surface area (Å²) >= 11 is 0. The highest BCUT2D eigenvalue weighted by atomic mass is 15.0. The van der Waals surface area contributed by atoms with E-state index in [-0.39, 0.29) is 0 Å². The number of benzene rings is 9. The predicted octanol–water partition coefficient (Wildman–Crippen LogP) is 14.3. The molecule has 0 radical (unpaired) electrons. The average molecular weight is 778 g/mol. The fraction of sp³-hybridized carbons (Fsp3) is 0. The maximum Gasteiger partial charge on any atom is 0.0907 e. The average Bonchev–Trinajstić information content (AvgIpc) is 3.96. The minimum atomic E-state index is 0.868. The van der Waals surface area contributed by atoms with Gasteiger partial charge in [-0.05, 0) is 113 Å². The summed E-state index contributed by atoms with van der Waals surface area (Å²) in [7, 11) is 0. The van der Waals surface area contributed by atoms with Crippen molar-refractivity contribution in [3.63, 3.8) is 0 Å². The molecule has 0 N–H and O–H groups in total. The molecule has 0 aliphatic heterocycles. The topological polar surface area (TPSA) is 40.6 Å².